The summed E-state index contributed by atoms with van der Waals surface area (Å²) in [6.45, 7) is 0.837. The number of imide groups is 1. The Hall–Kier alpha value is -3.48. The number of nitrogens with one attached hydrogen (secondary N) is 2. The van der Waals surface area contributed by atoms with Crippen LogP contribution in [0.25, 0.3) is 0 Å². The van der Waals surface area contributed by atoms with Crippen molar-refractivity contribution in [3.05, 3.63) is 58.7 Å². The number of aldehydes is 2. The number of thioether (sulfide) groups is 2. The second-order valence-corrected chi connectivity index (χ2v) is 14.5. The molecular formula is C36H46N4O6S2. The Morgan fingerprint density at radius 1 is 1.00 bits per heavy atom. The van der Waals surface area contributed by atoms with Gasteiger partial charge in [-0.1, -0.05) is 43.9 Å². The predicted octanol–water partition coefficient (Wildman–Crippen LogP) is 5.01. The fourth-order valence-corrected chi connectivity index (χ4v) is 8.46. The fourth-order valence-electron chi connectivity index (χ4n) is 6.27. The molecule has 2 atom stereocenters. The molecule has 2 N–H and O–H groups in total. The Bertz CT molecular complexity index is 1480. The smallest absolute Gasteiger partial charge is 0.255 e. The van der Waals surface area contributed by atoms with E-state index in [1.165, 1.54) is 0 Å². The summed E-state index contributed by atoms with van der Waals surface area (Å²) in [5.41, 5.74) is 3.16. The molecule has 0 aliphatic carbocycles. The first-order chi connectivity index (χ1) is 23.3. The summed E-state index contributed by atoms with van der Waals surface area (Å²) in [4.78, 5) is 78.0. The molecule has 4 rings (SSSR count). The van der Waals surface area contributed by atoms with Gasteiger partial charge in [0.2, 0.25) is 17.7 Å². The second kappa shape index (κ2) is 18.9. The third-order valence-corrected chi connectivity index (χ3v) is 11.3. The second-order valence-electron chi connectivity index (χ2n) is 12.2. The van der Waals surface area contributed by atoms with Crippen molar-refractivity contribution in [2.45, 2.75) is 99.2 Å². The molecule has 0 radical (unpaired) electrons. The maximum absolute atomic E-state index is 13.2. The largest absolute Gasteiger partial charge is 0.357 e. The van der Waals surface area contributed by atoms with E-state index in [1.54, 1.807) is 35.5 Å². The quantitative estimate of drug-likeness (QED) is 0.0850. The van der Waals surface area contributed by atoms with Crippen molar-refractivity contribution in [1.82, 2.24) is 20.4 Å². The zero-order chi connectivity index (χ0) is 34.5. The summed E-state index contributed by atoms with van der Waals surface area (Å²) in [5, 5.41) is 5.04. The molecule has 4 amide bonds. The van der Waals surface area contributed by atoms with E-state index in [0.29, 0.717) is 43.5 Å². The van der Waals surface area contributed by atoms with Crippen molar-refractivity contribution in [2.24, 2.45) is 0 Å². The van der Waals surface area contributed by atoms with Gasteiger partial charge in [0, 0.05) is 53.9 Å². The van der Waals surface area contributed by atoms with Gasteiger partial charge in [-0.25, -0.2) is 0 Å². The highest BCUT2D eigenvalue weighted by atomic mass is 32.2. The number of unbranched alkanes of at least 4 members (excludes halogenated alkanes) is 5. The molecule has 12 heteroatoms. The Balaban J connectivity index is 1.16. The van der Waals surface area contributed by atoms with Crippen LogP contribution in [0.5, 0.6) is 0 Å². The SMILES string of the molecule is CNC(=O)C(CCC=O)N1Cc2c(SCCCCCCCCSc3cccc(C=O)c3CN(C)C3CCC(=O)NC3=O)cccc2C1=O. The number of amides is 4. The minimum absolute atomic E-state index is 0.155. The molecule has 0 bridgehead atoms. The van der Waals surface area contributed by atoms with Gasteiger partial charge in [-0.15, -0.1) is 23.5 Å². The van der Waals surface area contributed by atoms with Crippen molar-refractivity contribution < 1.29 is 28.8 Å². The molecule has 10 nitrogen and oxygen atoms in total. The number of carbonyl (C=O) groups excluding carboxylic acids is 6. The van der Waals surface area contributed by atoms with Gasteiger partial charge < -0.3 is 15.0 Å². The molecule has 2 aliphatic heterocycles. The molecule has 1 fully saturated rings. The minimum Gasteiger partial charge on any atom is -0.357 e. The summed E-state index contributed by atoms with van der Waals surface area (Å²) < 4.78 is 0. The van der Waals surface area contributed by atoms with Gasteiger partial charge >= 0.3 is 0 Å². The van der Waals surface area contributed by atoms with Crippen LogP contribution in [0.2, 0.25) is 0 Å². The van der Waals surface area contributed by atoms with Crippen molar-refractivity contribution in [3.8, 4) is 0 Å². The normalized spacial score (nSPS) is 16.5. The summed E-state index contributed by atoms with van der Waals surface area (Å²) >= 11 is 3.50. The van der Waals surface area contributed by atoms with Gasteiger partial charge in [0.15, 0.2) is 0 Å². The Morgan fingerprint density at radius 3 is 2.33 bits per heavy atom. The lowest BCUT2D eigenvalue weighted by atomic mass is 10.0. The number of carbonyl (C=O) groups is 6. The number of nitrogens with zero attached hydrogens (tertiary/aromatic N) is 2. The van der Waals surface area contributed by atoms with Crippen molar-refractivity contribution >= 4 is 59.7 Å². The maximum atomic E-state index is 13.2. The molecule has 1 saturated heterocycles. The van der Waals surface area contributed by atoms with E-state index in [4.69, 9.17) is 0 Å². The molecular weight excluding hydrogens is 649 g/mol. The van der Waals surface area contributed by atoms with Gasteiger partial charge in [0.1, 0.15) is 18.6 Å². The van der Waals surface area contributed by atoms with E-state index >= 15 is 0 Å². The topological polar surface area (TPSA) is 133 Å². The zero-order valence-electron chi connectivity index (χ0n) is 27.8. The molecule has 2 unspecified atom stereocenters. The first-order valence-corrected chi connectivity index (χ1v) is 18.7. The average molecular weight is 695 g/mol. The van der Waals surface area contributed by atoms with Crippen molar-refractivity contribution in [2.75, 3.05) is 25.6 Å². The van der Waals surface area contributed by atoms with Gasteiger partial charge in [-0.3, -0.25) is 34.2 Å². The van der Waals surface area contributed by atoms with E-state index in [9.17, 15) is 28.8 Å². The highest BCUT2D eigenvalue weighted by molar-refractivity contribution is 7.99. The van der Waals surface area contributed by atoms with E-state index in [-0.39, 0.29) is 30.0 Å². The Kier molecular flexibility index (Phi) is 14.7. The molecule has 0 saturated carbocycles. The van der Waals surface area contributed by atoms with Gasteiger partial charge in [-0.05, 0) is 73.6 Å². The molecule has 2 aliphatic rings. The Morgan fingerprint density at radius 2 is 1.67 bits per heavy atom. The Labute approximate surface area is 291 Å². The summed E-state index contributed by atoms with van der Waals surface area (Å²) in [5.74, 6) is 0.968. The number of benzene rings is 2. The maximum Gasteiger partial charge on any atom is 0.255 e. The summed E-state index contributed by atoms with van der Waals surface area (Å²) in [6, 6.07) is 10.4. The first-order valence-electron chi connectivity index (χ1n) is 16.7. The average Bonchev–Trinajstić information content (AvgIpc) is 3.42. The lowest BCUT2D eigenvalue weighted by Gasteiger charge is -2.30. The van der Waals surface area contributed by atoms with E-state index < -0.39 is 12.1 Å². The molecule has 2 heterocycles. The molecule has 2 aromatic carbocycles. The number of piperidine rings is 1. The monoisotopic (exact) mass is 694 g/mol. The van der Waals surface area contributed by atoms with Gasteiger partial charge in [-0.2, -0.15) is 0 Å². The third-order valence-electron chi connectivity index (χ3n) is 8.94. The summed E-state index contributed by atoms with van der Waals surface area (Å²) in [6.07, 6.45) is 9.67. The van der Waals surface area contributed by atoms with Gasteiger partial charge in [0.05, 0.1) is 6.04 Å². The van der Waals surface area contributed by atoms with Crippen LogP contribution in [0.3, 0.4) is 0 Å². The van der Waals surface area contributed by atoms with Crippen LogP contribution in [-0.4, -0.2) is 83.7 Å². The summed E-state index contributed by atoms with van der Waals surface area (Å²) in [7, 11) is 3.41. The predicted molar refractivity (Wildman–Crippen MR) is 188 cm³/mol. The standard InChI is InChI=1S/C36H46N4O6S2/c1-37-34(44)30(14-11-19-41)40-23-28-26(36(40)46)13-10-16-32(28)48-21-8-6-4-3-5-7-20-47-31-15-9-12-25(24-42)27(31)22-39(2)29-17-18-33(43)38-35(29)45/h9-10,12-13,15-16,19,24,29-30H,3-8,11,14,17-18,20-23H2,1-2H3,(H,37,44)(H,38,43,45). The van der Waals surface area contributed by atoms with Crippen LogP contribution in [0, 0.1) is 0 Å². The highest BCUT2D eigenvalue weighted by Crippen LogP contribution is 2.34. The number of fused-ring (bicyclic) bond motifs is 1. The highest BCUT2D eigenvalue weighted by Gasteiger charge is 2.37. The zero-order valence-corrected chi connectivity index (χ0v) is 29.5. The number of hydrogen-bond donors (Lipinski definition) is 2. The number of hydrogen-bond acceptors (Lipinski definition) is 9. The van der Waals surface area contributed by atoms with E-state index in [0.717, 1.165) is 83.5 Å². The lowest BCUT2D eigenvalue weighted by Crippen LogP contribution is -2.51. The third kappa shape index (κ3) is 9.79. The van der Waals surface area contributed by atoms with Crippen LogP contribution < -0.4 is 10.6 Å². The minimum atomic E-state index is -0.661. The van der Waals surface area contributed by atoms with Crippen LogP contribution in [0.15, 0.2) is 46.2 Å². The van der Waals surface area contributed by atoms with E-state index in [1.807, 2.05) is 48.3 Å². The van der Waals surface area contributed by atoms with Crippen LogP contribution in [0.4, 0.5) is 0 Å². The van der Waals surface area contributed by atoms with Crippen LogP contribution in [0.1, 0.15) is 96.1 Å². The number of rotatable bonds is 20. The van der Waals surface area contributed by atoms with E-state index in [2.05, 4.69) is 10.6 Å². The van der Waals surface area contributed by atoms with Crippen molar-refractivity contribution in [1.29, 1.82) is 0 Å². The molecule has 0 spiro atoms. The lowest BCUT2D eigenvalue weighted by molar-refractivity contribution is -0.137. The molecule has 2 aromatic rings. The molecule has 0 aromatic heterocycles. The van der Waals surface area contributed by atoms with Crippen LogP contribution >= 0.6 is 23.5 Å². The van der Waals surface area contributed by atoms with Crippen molar-refractivity contribution in [3.63, 3.8) is 0 Å². The fraction of sp³-hybridized carbons (Fsp3) is 0.500. The first kappa shape index (κ1) is 37.3. The van der Waals surface area contributed by atoms with Gasteiger partial charge in [0.25, 0.3) is 5.91 Å². The molecule has 48 heavy (non-hydrogen) atoms. The molecule has 258 valence electrons. The number of likely N-dealkylation sites (N-methyl/N-ethyl adjacent to an activating group) is 2. The van der Waals surface area contributed by atoms with Crippen LogP contribution in [-0.2, 0) is 32.3 Å².